The van der Waals surface area contributed by atoms with Gasteiger partial charge in [-0.15, -0.1) is 0 Å². The van der Waals surface area contributed by atoms with E-state index >= 15 is 0 Å². The Morgan fingerprint density at radius 1 is 0.333 bits per heavy atom. The van der Waals surface area contributed by atoms with E-state index in [2.05, 4.69) is 198 Å². The molecule has 42 heavy (non-hydrogen) atoms. The van der Waals surface area contributed by atoms with Gasteiger partial charge in [0, 0.05) is 20.1 Å². The normalized spacial score (nSPS) is 9.88. The monoisotopic (exact) mass is 824 g/mol. The van der Waals surface area contributed by atoms with Gasteiger partial charge in [0.15, 0.2) is 0 Å². The molecule has 0 saturated carbocycles. The van der Waals surface area contributed by atoms with Gasteiger partial charge in [-0.3, -0.25) is 15.9 Å². The second-order valence-electron chi connectivity index (χ2n) is 8.76. The predicted octanol–water partition coefficient (Wildman–Crippen LogP) is 7.34. The van der Waals surface area contributed by atoms with E-state index in [4.69, 9.17) is 4.79 Å². The van der Waals surface area contributed by atoms with Crippen LogP contribution in [0.5, 0.6) is 0 Å². The number of benzene rings is 6. The van der Waals surface area contributed by atoms with E-state index in [9.17, 15) is 0 Å². The van der Waals surface area contributed by atoms with E-state index in [1.54, 1.807) is 0 Å². The molecule has 0 aliphatic heterocycles. The SMILES string of the molecule is O=[C-]Br.[Ir].c1ccc(P(c2ccccc2)c2ccccc2)cc1.c1ccc(P(c2ccccc2)c2ccccc2)cc1. The van der Waals surface area contributed by atoms with E-state index in [1.165, 1.54) is 37.0 Å². The Kier molecular flexibility index (Phi) is 15.3. The molecule has 5 heteroatoms. The Morgan fingerprint density at radius 3 is 0.571 bits per heavy atom. The van der Waals surface area contributed by atoms with Gasteiger partial charge < -0.3 is 4.79 Å². The van der Waals surface area contributed by atoms with E-state index in [0.717, 1.165) is 0 Å². The first-order valence-corrected chi connectivity index (χ1v) is 16.7. The summed E-state index contributed by atoms with van der Waals surface area (Å²) in [5.41, 5.74) is 0. The fraction of sp³-hybridized carbons (Fsp3) is 0. The molecule has 0 heterocycles. The number of hydrogen-bond donors (Lipinski definition) is 0. The van der Waals surface area contributed by atoms with Crippen LogP contribution in [0.4, 0.5) is 0 Å². The van der Waals surface area contributed by atoms with Crippen LogP contribution in [-0.2, 0) is 24.9 Å². The molecule has 1 radical (unpaired) electrons. The Labute approximate surface area is 274 Å². The van der Waals surface area contributed by atoms with Crippen molar-refractivity contribution in [2.45, 2.75) is 0 Å². The predicted molar refractivity (Wildman–Crippen MR) is 185 cm³/mol. The van der Waals surface area contributed by atoms with Gasteiger partial charge in [-0.1, -0.05) is 182 Å². The van der Waals surface area contributed by atoms with E-state index in [-0.39, 0.29) is 20.1 Å². The molecule has 6 rings (SSSR count). The molecule has 6 aromatic carbocycles. The minimum absolute atomic E-state index is 0. The maximum atomic E-state index is 8.60. The molecule has 0 N–H and O–H groups in total. The van der Waals surface area contributed by atoms with Crippen molar-refractivity contribution >= 4 is 68.8 Å². The molecule has 0 unspecified atom stereocenters. The second-order valence-corrected chi connectivity index (χ2v) is 13.5. The van der Waals surface area contributed by atoms with Crippen molar-refractivity contribution in [1.82, 2.24) is 0 Å². The van der Waals surface area contributed by atoms with Crippen LogP contribution in [0.15, 0.2) is 182 Å². The number of carbonyl (C=O) groups excluding carboxylic acids is 1. The van der Waals surface area contributed by atoms with Gasteiger partial charge in [-0.2, -0.15) is 5.20 Å². The minimum atomic E-state index is -0.446. The first kappa shape index (κ1) is 33.5. The Morgan fingerprint density at radius 2 is 0.452 bits per heavy atom. The van der Waals surface area contributed by atoms with Crippen LogP contribution in [0, 0.1) is 0 Å². The van der Waals surface area contributed by atoms with Gasteiger partial charge in [0.2, 0.25) is 0 Å². The van der Waals surface area contributed by atoms with Crippen LogP contribution in [-0.4, -0.2) is 5.20 Å². The Balaban J connectivity index is 0.000000207. The molecule has 1 nitrogen and oxygen atoms in total. The smallest absolute Gasteiger partial charge is 0 e. The Hall–Kier alpha value is -3.02. The van der Waals surface area contributed by atoms with Crippen molar-refractivity contribution in [1.29, 1.82) is 0 Å². The fourth-order valence-corrected chi connectivity index (χ4v) is 8.97. The molecular formula is C37H30BrIrOP2-. The second kappa shape index (κ2) is 19.2. The van der Waals surface area contributed by atoms with Crippen molar-refractivity contribution < 1.29 is 24.9 Å². The zero-order valence-corrected chi connectivity index (χ0v) is 28.6. The van der Waals surface area contributed by atoms with E-state index < -0.39 is 15.8 Å². The van der Waals surface area contributed by atoms with Gasteiger partial charge in [-0.25, -0.2) is 0 Å². The van der Waals surface area contributed by atoms with Crippen LogP contribution in [0.1, 0.15) is 0 Å². The first-order chi connectivity index (χ1) is 20.3. The number of halogens is 1. The zero-order valence-electron chi connectivity index (χ0n) is 22.8. The summed E-state index contributed by atoms with van der Waals surface area (Å²) in [5.74, 6) is 0. The maximum Gasteiger partial charge on any atom is 0 e. The standard InChI is InChI=1S/2C18H15P.CBrO.Ir/c2*1-4-10-16(11-5-1)19(17-12-6-2-7-13-17)18-14-8-3-9-15-18;2-1-3;/h2*1-15H;;/q;;-1;. The summed E-state index contributed by atoms with van der Waals surface area (Å²) in [6.07, 6.45) is 0. The molecule has 0 bridgehead atoms. The summed E-state index contributed by atoms with van der Waals surface area (Å²) in [6.45, 7) is 0. The van der Waals surface area contributed by atoms with Gasteiger partial charge in [0.25, 0.3) is 0 Å². The molecular weight excluding hydrogens is 794 g/mol. The molecule has 0 amide bonds. The van der Waals surface area contributed by atoms with Gasteiger partial charge in [0.1, 0.15) is 0 Å². The first-order valence-electron chi connectivity index (χ1n) is 13.2. The average Bonchev–Trinajstić information content (AvgIpc) is 3.05. The van der Waals surface area contributed by atoms with Gasteiger partial charge in [-0.05, 0) is 47.7 Å². The summed E-state index contributed by atoms with van der Waals surface area (Å²) < 4.78 is 0. The summed E-state index contributed by atoms with van der Waals surface area (Å²) >= 11 is 2.34. The largest absolute Gasteiger partial charge is 0.530 e. The fourth-order valence-electron chi connectivity index (χ4n) is 4.36. The van der Waals surface area contributed by atoms with Gasteiger partial charge in [0.05, 0.1) is 0 Å². The van der Waals surface area contributed by atoms with Crippen LogP contribution < -0.4 is 31.8 Å². The van der Waals surface area contributed by atoms with Crippen LogP contribution in [0.3, 0.4) is 0 Å². The van der Waals surface area contributed by atoms with Crippen LogP contribution >= 0.6 is 31.8 Å². The zero-order chi connectivity index (χ0) is 28.5. The number of hydrogen-bond acceptors (Lipinski definition) is 1. The summed E-state index contributed by atoms with van der Waals surface area (Å²) in [5, 5.41) is 9.70. The molecule has 0 atom stereocenters. The van der Waals surface area contributed by atoms with E-state index in [1.807, 2.05) is 0 Å². The Bertz CT molecular complexity index is 1230. The molecule has 0 aliphatic carbocycles. The summed E-state index contributed by atoms with van der Waals surface area (Å²) in [7, 11) is -0.892. The number of rotatable bonds is 6. The third kappa shape index (κ3) is 10.1. The molecule has 0 fully saturated rings. The summed E-state index contributed by atoms with van der Waals surface area (Å²) in [4.78, 5) is 8.60. The molecule has 0 aromatic heterocycles. The van der Waals surface area contributed by atoms with Crippen molar-refractivity contribution in [3.8, 4) is 0 Å². The topological polar surface area (TPSA) is 17.1 Å². The van der Waals surface area contributed by atoms with Crippen LogP contribution in [0.25, 0.3) is 0 Å². The third-order valence-electron chi connectivity index (χ3n) is 6.09. The summed E-state index contributed by atoms with van der Waals surface area (Å²) in [6, 6.07) is 64.7. The average molecular weight is 825 g/mol. The minimum Gasteiger partial charge on any atom is -0.530 e. The molecule has 0 saturated heterocycles. The molecule has 211 valence electrons. The van der Waals surface area contributed by atoms with E-state index in [0.29, 0.717) is 0 Å². The van der Waals surface area contributed by atoms with Crippen molar-refractivity contribution in [3.63, 3.8) is 0 Å². The molecule has 0 spiro atoms. The third-order valence-corrected chi connectivity index (χ3v) is 11.0. The molecule has 6 aromatic rings. The molecule has 0 aliphatic rings. The van der Waals surface area contributed by atoms with Crippen molar-refractivity contribution in [2.24, 2.45) is 0 Å². The van der Waals surface area contributed by atoms with Crippen LogP contribution in [0.2, 0.25) is 0 Å². The van der Waals surface area contributed by atoms with Crippen molar-refractivity contribution in [3.05, 3.63) is 182 Å². The maximum absolute atomic E-state index is 8.60. The van der Waals surface area contributed by atoms with Crippen molar-refractivity contribution in [2.75, 3.05) is 0 Å². The quantitative estimate of drug-likeness (QED) is 0.0978. The van der Waals surface area contributed by atoms with Gasteiger partial charge >= 0.3 is 0 Å².